The van der Waals surface area contributed by atoms with E-state index in [1.165, 1.54) is 6.21 Å². The number of carbonyl (C=O) groups excluding carboxylic acids is 1. The van der Waals surface area contributed by atoms with Gasteiger partial charge in [0.1, 0.15) is 5.69 Å². The molecule has 148 valence electrons. The minimum atomic E-state index is -0.440. The molecule has 8 heteroatoms. The van der Waals surface area contributed by atoms with Crippen molar-refractivity contribution in [3.05, 3.63) is 70.9 Å². The minimum absolute atomic E-state index is 0.259. The Morgan fingerprint density at radius 2 is 1.86 bits per heavy atom. The molecule has 0 fully saturated rings. The van der Waals surface area contributed by atoms with Crippen molar-refractivity contribution < 1.29 is 14.3 Å². The number of hydrazone groups is 1. The van der Waals surface area contributed by atoms with Gasteiger partial charge in [-0.1, -0.05) is 41.9 Å². The van der Waals surface area contributed by atoms with Gasteiger partial charge in [0.25, 0.3) is 5.91 Å². The monoisotopic (exact) mass is 410 g/mol. The number of aromatic nitrogens is 2. The van der Waals surface area contributed by atoms with Crippen molar-refractivity contribution in [1.29, 1.82) is 0 Å². The van der Waals surface area contributed by atoms with Gasteiger partial charge in [-0.25, -0.2) is 5.43 Å². The fourth-order valence-corrected chi connectivity index (χ4v) is 2.71. The molecule has 3 aromatic rings. The van der Waals surface area contributed by atoms with Crippen molar-refractivity contribution in [1.82, 2.24) is 15.6 Å². The topological polar surface area (TPSA) is 88.6 Å². The molecule has 0 bridgehead atoms. The van der Waals surface area contributed by atoms with Gasteiger partial charge in [0.15, 0.2) is 11.5 Å². The van der Waals surface area contributed by atoms with Gasteiger partial charge in [0, 0.05) is 5.56 Å². The van der Waals surface area contributed by atoms with Crippen molar-refractivity contribution in [3.63, 3.8) is 0 Å². The summed E-state index contributed by atoms with van der Waals surface area (Å²) < 4.78 is 10.5. The van der Waals surface area contributed by atoms with Crippen molar-refractivity contribution in [2.24, 2.45) is 5.10 Å². The molecule has 0 aliphatic carbocycles. The fourth-order valence-electron chi connectivity index (χ4n) is 2.54. The highest BCUT2D eigenvalue weighted by Crippen LogP contribution is 2.31. The van der Waals surface area contributed by atoms with Crippen molar-refractivity contribution in [2.75, 3.05) is 14.2 Å². The normalized spacial score (nSPS) is 11.5. The number of nitrogens with zero attached hydrogens (tertiary/aromatic N) is 2. The number of nitrogens with one attached hydrogen (secondary N) is 2. The second kappa shape index (κ2) is 9.57. The van der Waals surface area contributed by atoms with Crippen LogP contribution in [0.2, 0.25) is 0 Å². The van der Waals surface area contributed by atoms with Gasteiger partial charge in [-0.15, -0.1) is 0 Å². The molecule has 29 heavy (non-hydrogen) atoms. The molecule has 1 aromatic heterocycles. The highest BCUT2D eigenvalue weighted by molar-refractivity contribution is 6.41. The standard InChI is InChI=1S/C21H19ClN4O3/c1-28-19-9-8-15(11-20(19)29-2)17-12-18(25-24-17)21(27)26-23-13-16(22)10-14-6-4-3-5-7-14/h3-13H,1-2H3,(H,24,25)(H,26,27). The third-order valence-electron chi connectivity index (χ3n) is 3.96. The van der Waals surface area contributed by atoms with E-state index in [1.807, 2.05) is 36.4 Å². The zero-order valence-electron chi connectivity index (χ0n) is 15.8. The Bertz CT molecular complexity index is 1050. The van der Waals surface area contributed by atoms with Gasteiger partial charge in [-0.05, 0) is 35.9 Å². The van der Waals surface area contributed by atoms with Crippen LogP contribution in [0.1, 0.15) is 16.1 Å². The molecule has 0 aliphatic heterocycles. The number of aromatic amines is 1. The number of hydrogen-bond acceptors (Lipinski definition) is 5. The van der Waals surface area contributed by atoms with Crippen molar-refractivity contribution >= 4 is 29.8 Å². The SMILES string of the molecule is COc1ccc(-c2cc(C(=O)NN=CC(Cl)=Cc3ccccc3)[nH]n2)cc1OC. The summed E-state index contributed by atoms with van der Waals surface area (Å²) >= 11 is 6.10. The lowest BCUT2D eigenvalue weighted by Crippen LogP contribution is -2.17. The maximum atomic E-state index is 12.2. The second-order valence-corrected chi connectivity index (χ2v) is 6.31. The number of ether oxygens (including phenoxy) is 2. The van der Waals surface area contributed by atoms with Crippen LogP contribution in [0.25, 0.3) is 17.3 Å². The number of hydrogen-bond donors (Lipinski definition) is 2. The van der Waals surface area contributed by atoms with Crippen LogP contribution in [-0.4, -0.2) is 36.5 Å². The second-order valence-electron chi connectivity index (χ2n) is 5.88. The first-order chi connectivity index (χ1) is 14.1. The molecule has 2 aromatic carbocycles. The maximum absolute atomic E-state index is 12.2. The summed E-state index contributed by atoms with van der Waals surface area (Å²) in [6, 6.07) is 16.5. The Labute approximate surface area is 173 Å². The van der Waals surface area contributed by atoms with E-state index in [4.69, 9.17) is 21.1 Å². The van der Waals surface area contributed by atoms with Crippen LogP contribution in [0.4, 0.5) is 0 Å². The number of allylic oxidation sites excluding steroid dienone is 1. The number of H-pyrrole nitrogens is 1. The Balaban J connectivity index is 1.66. The van der Waals surface area contributed by atoms with Gasteiger partial charge in [-0.3, -0.25) is 9.89 Å². The maximum Gasteiger partial charge on any atom is 0.289 e. The van der Waals surface area contributed by atoms with Crippen LogP contribution >= 0.6 is 11.6 Å². The quantitative estimate of drug-likeness (QED) is 0.453. The first kappa shape index (κ1) is 20.2. The summed E-state index contributed by atoms with van der Waals surface area (Å²) in [5.41, 5.74) is 4.96. The highest BCUT2D eigenvalue weighted by Gasteiger charge is 2.12. The Hall–Kier alpha value is -3.58. The zero-order chi connectivity index (χ0) is 20.6. The zero-order valence-corrected chi connectivity index (χ0v) is 16.6. The minimum Gasteiger partial charge on any atom is -0.493 e. The summed E-state index contributed by atoms with van der Waals surface area (Å²) in [7, 11) is 3.12. The Morgan fingerprint density at radius 3 is 2.59 bits per heavy atom. The van der Waals surface area contributed by atoms with Gasteiger partial charge in [-0.2, -0.15) is 10.2 Å². The number of halogens is 1. The molecule has 0 saturated heterocycles. The summed E-state index contributed by atoms with van der Waals surface area (Å²) in [5, 5.41) is 11.1. The molecule has 3 rings (SSSR count). The molecular formula is C21H19ClN4O3. The molecule has 7 nitrogen and oxygen atoms in total. The van der Waals surface area contributed by atoms with Gasteiger partial charge in [0.2, 0.25) is 0 Å². The number of rotatable bonds is 7. The van der Waals surface area contributed by atoms with E-state index >= 15 is 0 Å². The summed E-state index contributed by atoms with van der Waals surface area (Å²) in [6.45, 7) is 0. The average Bonchev–Trinajstić information content (AvgIpc) is 3.24. The molecule has 1 amide bonds. The molecule has 0 aliphatic rings. The van der Waals surface area contributed by atoms with E-state index in [-0.39, 0.29) is 5.69 Å². The molecule has 0 radical (unpaired) electrons. The van der Waals surface area contributed by atoms with E-state index < -0.39 is 5.91 Å². The third kappa shape index (κ3) is 5.24. The lowest BCUT2D eigenvalue weighted by molar-refractivity contribution is 0.0950. The molecular weight excluding hydrogens is 392 g/mol. The van der Waals surface area contributed by atoms with E-state index in [2.05, 4.69) is 20.7 Å². The predicted molar refractivity (Wildman–Crippen MR) is 113 cm³/mol. The number of carbonyl (C=O) groups is 1. The molecule has 0 saturated carbocycles. The first-order valence-corrected chi connectivity index (χ1v) is 9.02. The van der Waals surface area contributed by atoms with E-state index in [9.17, 15) is 4.79 Å². The van der Waals surface area contributed by atoms with Crippen LogP contribution < -0.4 is 14.9 Å². The van der Waals surface area contributed by atoms with Crippen LogP contribution in [0.5, 0.6) is 11.5 Å². The molecule has 0 spiro atoms. The highest BCUT2D eigenvalue weighted by atomic mass is 35.5. The summed E-state index contributed by atoms with van der Waals surface area (Å²) in [5.74, 6) is 0.743. The predicted octanol–water partition coefficient (Wildman–Crippen LogP) is 4.09. The van der Waals surface area contributed by atoms with Crippen LogP contribution in [-0.2, 0) is 0 Å². The number of amides is 1. The number of methoxy groups -OCH3 is 2. The van der Waals surface area contributed by atoms with Gasteiger partial charge in [0.05, 0.1) is 31.2 Å². The van der Waals surface area contributed by atoms with Crippen molar-refractivity contribution in [2.45, 2.75) is 0 Å². The van der Waals surface area contributed by atoms with E-state index in [0.29, 0.717) is 22.2 Å². The van der Waals surface area contributed by atoms with Crippen molar-refractivity contribution in [3.8, 4) is 22.8 Å². The smallest absolute Gasteiger partial charge is 0.289 e. The van der Waals surface area contributed by atoms with Gasteiger partial charge >= 0.3 is 0 Å². The molecule has 0 atom stereocenters. The summed E-state index contributed by atoms with van der Waals surface area (Å²) in [6.07, 6.45) is 3.10. The Kier molecular flexibility index (Phi) is 6.65. The van der Waals surface area contributed by atoms with Crippen LogP contribution in [0.15, 0.2) is 64.7 Å². The average molecular weight is 411 g/mol. The fraction of sp³-hybridized carbons (Fsp3) is 0.0952. The Morgan fingerprint density at radius 1 is 1.10 bits per heavy atom. The first-order valence-electron chi connectivity index (χ1n) is 8.64. The molecule has 1 heterocycles. The van der Waals surface area contributed by atoms with E-state index in [0.717, 1.165) is 11.1 Å². The molecule has 0 unspecified atom stereocenters. The largest absolute Gasteiger partial charge is 0.493 e. The third-order valence-corrected chi connectivity index (χ3v) is 4.17. The number of benzene rings is 2. The summed E-state index contributed by atoms with van der Waals surface area (Å²) in [4.78, 5) is 12.2. The van der Waals surface area contributed by atoms with Crippen LogP contribution in [0, 0.1) is 0 Å². The lowest BCUT2D eigenvalue weighted by Gasteiger charge is -2.08. The lowest BCUT2D eigenvalue weighted by atomic mass is 10.1. The van der Waals surface area contributed by atoms with E-state index in [1.54, 1.807) is 38.5 Å². The van der Waals surface area contributed by atoms with Gasteiger partial charge < -0.3 is 9.47 Å². The van der Waals surface area contributed by atoms with Crippen LogP contribution in [0.3, 0.4) is 0 Å². The molecule has 2 N–H and O–H groups in total.